The standard InChI is InChI=1S/C22H21N3O3/c26-22(27)19-15-24-25(17-9-2-1-3-10-17)21(19)28-13-7-6-8-16-14-23-20-12-5-4-11-18(16)20/h1-5,9-12,14-15,23H,6-8,13H2,(H,26,27). The summed E-state index contributed by atoms with van der Waals surface area (Å²) in [5.74, 6) is -0.776. The summed E-state index contributed by atoms with van der Waals surface area (Å²) in [6, 6.07) is 17.6. The number of aromatic nitrogens is 3. The number of carboxylic acid groups (broad SMARTS) is 1. The van der Waals surface area contributed by atoms with Crippen LogP contribution in [0.25, 0.3) is 16.6 Å². The van der Waals surface area contributed by atoms with Gasteiger partial charge in [-0.2, -0.15) is 5.10 Å². The molecule has 2 aromatic carbocycles. The van der Waals surface area contributed by atoms with E-state index in [0.717, 1.165) is 30.5 Å². The summed E-state index contributed by atoms with van der Waals surface area (Å²) in [7, 11) is 0. The van der Waals surface area contributed by atoms with Gasteiger partial charge in [-0.25, -0.2) is 9.48 Å². The summed E-state index contributed by atoms with van der Waals surface area (Å²) < 4.78 is 7.37. The highest BCUT2D eigenvalue weighted by Crippen LogP contribution is 2.24. The van der Waals surface area contributed by atoms with Crippen molar-refractivity contribution in [3.05, 3.63) is 78.1 Å². The van der Waals surface area contributed by atoms with Gasteiger partial charge in [0.05, 0.1) is 18.5 Å². The summed E-state index contributed by atoms with van der Waals surface area (Å²) >= 11 is 0. The van der Waals surface area contributed by atoms with Crippen LogP contribution in [0.5, 0.6) is 5.88 Å². The maximum atomic E-state index is 11.5. The second-order valence-electron chi connectivity index (χ2n) is 6.58. The molecule has 0 atom stereocenters. The second-order valence-corrected chi connectivity index (χ2v) is 6.58. The van der Waals surface area contributed by atoms with E-state index < -0.39 is 5.97 Å². The maximum absolute atomic E-state index is 11.5. The number of nitrogens with zero attached hydrogens (tertiary/aromatic N) is 2. The number of ether oxygens (including phenoxy) is 1. The number of benzene rings is 2. The first-order valence-corrected chi connectivity index (χ1v) is 9.28. The molecule has 0 aliphatic heterocycles. The average Bonchev–Trinajstić information content (AvgIpc) is 3.33. The zero-order valence-electron chi connectivity index (χ0n) is 15.3. The van der Waals surface area contributed by atoms with Crippen LogP contribution < -0.4 is 4.74 Å². The molecule has 2 heterocycles. The van der Waals surface area contributed by atoms with E-state index in [1.165, 1.54) is 21.8 Å². The van der Waals surface area contributed by atoms with E-state index in [1.807, 2.05) is 42.5 Å². The first-order chi connectivity index (χ1) is 13.7. The van der Waals surface area contributed by atoms with Gasteiger partial charge in [-0.3, -0.25) is 0 Å². The molecule has 6 nitrogen and oxygen atoms in total. The van der Waals surface area contributed by atoms with Crippen molar-refractivity contribution in [2.75, 3.05) is 6.61 Å². The van der Waals surface area contributed by atoms with E-state index >= 15 is 0 Å². The molecule has 0 fully saturated rings. The molecule has 4 rings (SSSR count). The molecule has 0 amide bonds. The topological polar surface area (TPSA) is 80.1 Å². The minimum Gasteiger partial charge on any atom is -0.477 e. The minimum absolute atomic E-state index is 0.0699. The van der Waals surface area contributed by atoms with Crippen molar-refractivity contribution < 1.29 is 14.6 Å². The van der Waals surface area contributed by atoms with Crippen LogP contribution in [-0.2, 0) is 6.42 Å². The lowest BCUT2D eigenvalue weighted by molar-refractivity contribution is 0.0692. The van der Waals surface area contributed by atoms with E-state index in [1.54, 1.807) is 0 Å². The Morgan fingerprint density at radius 1 is 1.07 bits per heavy atom. The molecule has 28 heavy (non-hydrogen) atoms. The van der Waals surface area contributed by atoms with Crippen LogP contribution in [0, 0.1) is 0 Å². The van der Waals surface area contributed by atoms with Crippen molar-refractivity contribution in [1.82, 2.24) is 14.8 Å². The Hall–Kier alpha value is -3.54. The van der Waals surface area contributed by atoms with Crippen LogP contribution in [0.1, 0.15) is 28.8 Å². The van der Waals surface area contributed by atoms with Crippen LogP contribution in [0.15, 0.2) is 67.0 Å². The Balaban J connectivity index is 1.39. The molecule has 0 radical (unpaired) electrons. The number of H-pyrrole nitrogens is 1. The predicted octanol–water partition coefficient (Wildman–Crippen LogP) is 4.45. The SMILES string of the molecule is O=C(O)c1cnn(-c2ccccc2)c1OCCCCc1c[nH]c2ccccc12. The number of fused-ring (bicyclic) bond motifs is 1. The van der Waals surface area contributed by atoms with Crippen molar-refractivity contribution in [2.24, 2.45) is 0 Å². The Labute approximate surface area is 162 Å². The maximum Gasteiger partial charge on any atom is 0.342 e. The van der Waals surface area contributed by atoms with Crippen LogP contribution in [0.4, 0.5) is 0 Å². The minimum atomic E-state index is -1.05. The first kappa shape index (κ1) is 17.9. The van der Waals surface area contributed by atoms with Crippen molar-refractivity contribution in [3.63, 3.8) is 0 Å². The van der Waals surface area contributed by atoms with Gasteiger partial charge in [0.2, 0.25) is 5.88 Å². The van der Waals surface area contributed by atoms with E-state index in [4.69, 9.17) is 4.74 Å². The van der Waals surface area contributed by atoms with Crippen molar-refractivity contribution in [2.45, 2.75) is 19.3 Å². The number of aromatic amines is 1. The average molecular weight is 375 g/mol. The van der Waals surface area contributed by atoms with E-state index in [-0.39, 0.29) is 11.4 Å². The fraction of sp³-hybridized carbons (Fsp3) is 0.182. The zero-order chi connectivity index (χ0) is 19.3. The van der Waals surface area contributed by atoms with Gasteiger partial charge in [-0.15, -0.1) is 0 Å². The zero-order valence-corrected chi connectivity index (χ0v) is 15.3. The number of rotatable bonds is 8. The molecule has 0 unspecified atom stereocenters. The molecule has 2 N–H and O–H groups in total. The number of aromatic carboxylic acids is 1. The quantitative estimate of drug-likeness (QED) is 0.446. The molecule has 0 saturated carbocycles. The molecular weight excluding hydrogens is 354 g/mol. The molecule has 0 saturated heterocycles. The van der Waals surface area contributed by atoms with E-state index in [2.05, 4.69) is 28.4 Å². The van der Waals surface area contributed by atoms with Crippen LogP contribution in [0.2, 0.25) is 0 Å². The fourth-order valence-electron chi connectivity index (χ4n) is 3.30. The Kier molecular flexibility index (Phi) is 5.10. The highest BCUT2D eigenvalue weighted by atomic mass is 16.5. The fourth-order valence-corrected chi connectivity index (χ4v) is 3.30. The van der Waals surface area contributed by atoms with Gasteiger partial charge in [-0.1, -0.05) is 36.4 Å². The molecule has 0 aliphatic carbocycles. The Morgan fingerprint density at radius 3 is 2.68 bits per heavy atom. The largest absolute Gasteiger partial charge is 0.477 e. The number of hydrogen-bond acceptors (Lipinski definition) is 3. The number of carboxylic acids is 1. The molecule has 142 valence electrons. The number of carbonyl (C=O) groups is 1. The van der Waals surface area contributed by atoms with Gasteiger partial charge in [-0.05, 0) is 43.0 Å². The van der Waals surface area contributed by atoms with Crippen LogP contribution in [-0.4, -0.2) is 32.4 Å². The number of aryl methyl sites for hydroxylation is 1. The second kappa shape index (κ2) is 8.00. The summed E-state index contributed by atoms with van der Waals surface area (Å²) in [4.78, 5) is 14.8. The Bertz CT molecular complexity index is 1080. The predicted molar refractivity (Wildman–Crippen MR) is 107 cm³/mol. The molecule has 0 aliphatic rings. The highest BCUT2D eigenvalue weighted by Gasteiger charge is 2.19. The number of para-hydroxylation sites is 2. The van der Waals surface area contributed by atoms with Gasteiger partial charge < -0.3 is 14.8 Å². The molecule has 6 heteroatoms. The summed E-state index contributed by atoms with van der Waals surface area (Å²) in [5, 5.41) is 14.9. The third-order valence-electron chi connectivity index (χ3n) is 4.71. The normalized spacial score (nSPS) is 11.0. The number of unbranched alkanes of at least 4 members (excludes halogenated alkanes) is 1. The highest BCUT2D eigenvalue weighted by molar-refractivity contribution is 5.90. The van der Waals surface area contributed by atoms with Gasteiger partial charge in [0.15, 0.2) is 0 Å². The smallest absolute Gasteiger partial charge is 0.342 e. The third kappa shape index (κ3) is 3.62. The lowest BCUT2D eigenvalue weighted by atomic mass is 10.1. The van der Waals surface area contributed by atoms with Gasteiger partial charge in [0.1, 0.15) is 5.56 Å². The van der Waals surface area contributed by atoms with Crippen molar-refractivity contribution >= 4 is 16.9 Å². The summed E-state index contributed by atoms with van der Waals surface area (Å²) in [6.07, 6.45) is 6.09. The van der Waals surface area contributed by atoms with Gasteiger partial charge in [0.25, 0.3) is 0 Å². The summed E-state index contributed by atoms with van der Waals surface area (Å²) in [6.45, 7) is 0.432. The molecule has 4 aromatic rings. The third-order valence-corrected chi connectivity index (χ3v) is 4.71. The van der Waals surface area contributed by atoms with Gasteiger partial charge in [0, 0.05) is 17.1 Å². The number of nitrogens with one attached hydrogen (secondary N) is 1. The first-order valence-electron chi connectivity index (χ1n) is 9.28. The van der Waals surface area contributed by atoms with Crippen LogP contribution in [0.3, 0.4) is 0 Å². The van der Waals surface area contributed by atoms with E-state index in [0.29, 0.717) is 6.61 Å². The monoisotopic (exact) mass is 375 g/mol. The van der Waals surface area contributed by atoms with Gasteiger partial charge >= 0.3 is 5.97 Å². The molecule has 0 bridgehead atoms. The molecule has 2 aromatic heterocycles. The number of hydrogen-bond donors (Lipinski definition) is 2. The summed E-state index contributed by atoms with van der Waals surface area (Å²) in [5.41, 5.74) is 3.27. The van der Waals surface area contributed by atoms with Crippen molar-refractivity contribution in [3.8, 4) is 11.6 Å². The molecular formula is C22H21N3O3. The van der Waals surface area contributed by atoms with Crippen molar-refractivity contribution in [1.29, 1.82) is 0 Å². The Morgan fingerprint density at radius 2 is 1.86 bits per heavy atom. The van der Waals surface area contributed by atoms with E-state index in [9.17, 15) is 9.90 Å². The molecule has 0 spiro atoms. The lowest BCUT2D eigenvalue weighted by Gasteiger charge is -2.10. The van der Waals surface area contributed by atoms with Crippen LogP contribution >= 0.6 is 0 Å². The lowest BCUT2D eigenvalue weighted by Crippen LogP contribution is -2.08.